The van der Waals surface area contributed by atoms with Crippen LogP contribution in [0.5, 0.6) is 0 Å². The molecule has 1 N–H and O–H groups in total. The van der Waals surface area contributed by atoms with Crippen molar-refractivity contribution >= 4 is 27.7 Å². The maximum atomic E-state index is 12.6. The smallest absolute Gasteiger partial charge is 0.267 e. The van der Waals surface area contributed by atoms with Crippen LogP contribution in [0.1, 0.15) is 25.3 Å². The molecule has 0 fully saturated rings. The topological polar surface area (TPSA) is 89.8 Å². The molecule has 1 aromatic carbocycles. The number of sulfonamides is 1. The van der Waals surface area contributed by atoms with Crippen molar-refractivity contribution in [3.63, 3.8) is 0 Å². The number of benzene rings is 1. The largest absolute Gasteiger partial charge is 0.274 e. The minimum absolute atomic E-state index is 0.0410. The molecule has 0 amide bonds. The fourth-order valence-corrected chi connectivity index (χ4v) is 4.00. The van der Waals surface area contributed by atoms with Gasteiger partial charge in [-0.15, -0.1) is 11.8 Å². The van der Waals surface area contributed by atoms with Gasteiger partial charge in [0.2, 0.25) is 5.95 Å². The molecule has 0 saturated carbocycles. The van der Waals surface area contributed by atoms with Crippen LogP contribution < -0.4 is 4.72 Å². The molecule has 3 aromatic rings. The standard InChI is InChI=1S/C18H21N5O2S2/c1-12(2)14-7-5-6-8-15(14)16-9-17(26-4)21-18(20-16)22-27(24,25)13-10-19-23(3)11-13/h5-12H,1-4H3,(H,20,21,22). The molecular weight excluding hydrogens is 382 g/mol. The minimum atomic E-state index is -3.81. The maximum absolute atomic E-state index is 12.6. The van der Waals surface area contributed by atoms with Crippen molar-refractivity contribution in [1.82, 2.24) is 19.7 Å². The van der Waals surface area contributed by atoms with Gasteiger partial charge in [-0.05, 0) is 23.8 Å². The molecule has 27 heavy (non-hydrogen) atoms. The predicted molar refractivity (Wildman–Crippen MR) is 107 cm³/mol. The Labute approximate surface area is 163 Å². The summed E-state index contributed by atoms with van der Waals surface area (Å²) in [6, 6.07) is 9.85. The van der Waals surface area contributed by atoms with Crippen molar-refractivity contribution in [3.05, 3.63) is 48.3 Å². The van der Waals surface area contributed by atoms with Gasteiger partial charge in [0.25, 0.3) is 10.0 Å². The highest BCUT2D eigenvalue weighted by Gasteiger charge is 2.19. The fourth-order valence-electron chi connectivity index (χ4n) is 2.66. The van der Waals surface area contributed by atoms with Gasteiger partial charge in [-0.3, -0.25) is 4.68 Å². The molecule has 0 aliphatic rings. The molecule has 0 bridgehead atoms. The van der Waals surface area contributed by atoms with E-state index in [4.69, 9.17) is 0 Å². The number of anilines is 1. The summed E-state index contributed by atoms with van der Waals surface area (Å²) in [5.41, 5.74) is 2.79. The van der Waals surface area contributed by atoms with E-state index < -0.39 is 10.0 Å². The third-order valence-electron chi connectivity index (χ3n) is 3.99. The molecule has 2 aromatic heterocycles. The molecule has 2 heterocycles. The summed E-state index contributed by atoms with van der Waals surface area (Å²) in [5.74, 6) is 0.351. The van der Waals surface area contributed by atoms with Crippen molar-refractivity contribution in [2.75, 3.05) is 11.0 Å². The molecule has 7 nitrogen and oxygen atoms in total. The number of thioether (sulfide) groups is 1. The zero-order valence-corrected chi connectivity index (χ0v) is 17.2. The van der Waals surface area contributed by atoms with Crippen LogP contribution in [0.25, 0.3) is 11.3 Å². The van der Waals surface area contributed by atoms with E-state index in [0.29, 0.717) is 16.6 Å². The lowest BCUT2D eigenvalue weighted by molar-refractivity contribution is 0.600. The lowest BCUT2D eigenvalue weighted by Crippen LogP contribution is -2.15. The van der Waals surface area contributed by atoms with Gasteiger partial charge in [0, 0.05) is 18.8 Å². The van der Waals surface area contributed by atoms with Gasteiger partial charge in [-0.2, -0.15) is 5.10 Å². The molecular formula is C18H21N5O2S2. The third kappa shape index (κ3) is 4.30. The molecule has 0 atom stereocenters. The monoisotopic (exact) mass is 403 g/mol. The molecule has 0 radical (unpaired) electrons. The first kappa shape index (κ1) is 19.4. The van der Waals surface area contributed by atoms with E-state index in [9.17, 15) is 8.42 Å². The van der Waals surface area contributed by atoms with Crippen molar-refractivity contribution in [3.8, 4) is 11.3 Å². The zero-order valence-electron chi connectivity index (χ0n) is 15.5. The van der Waals surface area contributed by atoms with E-state index in [1.54, 1.807) is 7.05 Å². The van der Waals surface area contributed by atoms with Gasteiger partial charge in [0.05, 0.1) is 11.9 Å². The molecule has 0 unspecified atom stereocenters. The van der Waals surface area contributed by atoms with Gasteiger partial charge in [-0.25, -0.2) is 23.1 Å². The van der Waals surface area contributed by atoms with Crippen LogP contribution in [0.2, 0.25) is 0 Å². The van der Waals surface area contributed by atoms with E-state index in [1.807, 2.05) is 30.5 Å². The fraction of sp³-hybridized carbons (Fsp3) is 0.278. The Kier molecular flexibility index (Phi) is 5.52. The Morgan fingerprint density at radius 2 is 1.93 bits per heavy atom. The van der Waals surface area contributed by atoms with Gasteiger partial charge in [-0.1, -0.05) is 38.1 Å². The highest BCUT2D eigenvalue weighted by atomic mass is 32.2. The Morgan fingerprint density at radius 1 is 1.19 bits per heavy atom. The van der Waals surface area contributed by atoms with E-state index in [1.165, 1.54) is 28.8 Å². The van der Waals surface area contributed by atoms with E-state index >= 15 is 0 Å². The number of aromatic nitrogens is 4. The van der Waals surface area contributed by atoms with Gasteiger partial charge >= 0.3 is 0 Å². The zero-order chi connectivity index (χ0) is 19.6. The van der Waals surface area contributed by atoms with Crippen LogP contribution in [0.15, 0.2) is 52.6 Å². The second kappa shape index (κ2) is 7.69. The summed E-state index contributed by atoms with van der Waals surface area (Å²) < 4.78 is 29.1. The van der Waals surface area contributed by atoms with Crippen LogP contribution >= 0.6 is 11.8 Å². The number of nitrogens with one attached hydrogen (secondary N) is 1. The minimum Gasteiger partial charge on any atom is -0.274 e. The molecule has 3 rings (SSSR count). The number of hydrogen-bond donors (Lipinski definition) is 1. The quantitative estimate of drug-likeness (QED) is 0.500. The van der Waals surface area contributed by atoms with Crippen LogP contribution in [0.3, 0.4) is 0 Å². The summed E-state index contributed by atoms with van der Waals surface area (Å²) in [4.78, 5) is 8.84. The molecule has 0 aliphatic carbocycles. The number of aryl methyl sites for hydroxylation is 1. The lowest BCUT2D eigenvalue weighted by atomic mass is 9.95. The normalized spacial score (nSPS) is 11.7. The Morgan fingerprint density at radius 3 is 2.56 bits per heavy atom. The number of rotatable bonds is 6. The molecule has 142 valence electrons. The van der Waals surface area contributed by atoms with Crippen LogP contribution in [-0.2, 0) is 17.1 Å². The first-order chi connectivity index (χ1) is 12.8. The second-order valence-electron chi connectivity index (χ2n) is 6.32. The highest BCUT2D eigenvalue weighted by molar-refractivity contribution is 7.98. The summed E-state index contributed by atoms with van der Waals surface area (Å²) in [5, 5.41) is 4.59. The van der Waals surface area contributed by atoms with Gasteiger partial charge < -0.3 is 0 Å². The van der Waals surface area contributed by atoms with Crippen LogP contribution in [0.4, 0.5) is 5.95 Å². The lowest BCUT2D eigenvalue weighted by Gasteiger charge is -2.14. The Bertz CT molecular complexity index is 1060. The van der Waals surface area contributed by atoms with Crippen molar-refractivity contribution < 1.29 is 8.42 Å². The Hall–Kier alpha value is -2.39. The summed E-state index contributed by atoms with van der Waals surface area (Å²) in [6.07, 6.45) is 4.60. The SMILES string of the molecule is CSc1cc(-c2ccccc2C(C)C)nc(NS(=O)(=O)c2cnn(C)c2)n1. The molecule has 0 saturated heterocycles. The van der Waals surface area contributed by atoms with Crippen molar-refractivity contribution in [2.45, 2.75) is 29.7 Å². The average Bonchev–Trinajstić information content (AvgIpc) is 3.08. The number of hydrogen-bond acceptors (Lipinski definition) is 6. The number of nitrogens with zero attached hydrogens (tertiary/aromatic N) is 4. The molecule has 9 heteroatoms. The van der Waals surface area contributed by atoms with Crippen LogP contribution in [-0.4, -0.2) is 34.4 Å². The highest BCUT2D eigenvalue weighted by Crippen LogP contribution is 2.30. The molecule has 0 aliphatic heterocycles. The summed E-state index contributed by atoms with van der Waals surface area (Å²) >= 11 is 1.43. The maximum Gasteiger partial charge on any atom is 0.267 e. The third-order valence-corrected chi connectivity index (χ3v) is 5.90. The second-order valence-corrected chi connectivity index (χ2v) is 8.83. The first-order valence-corrected chi connectivity index (χ1v) is 11.0. The predicted octanol–water partition coefficient (Wildman–Crippen LogP) is 3.52. The summed E-state index contributed by atoms with van der Waals surface area (Å²) in [7, 11) is -2.15. The van der Waals surface area contributed by atoms with E-state index in [0.717, 1.165) is 11.1 Å². The molecule has 0 spiro atoms. The Balaban J connectivity index is 2.05. The van der Waals surface area contributed by atoms with Gasteiger partial charge in [0.15, 0.2) is 0 Å². The van der Waals surface area contributed by atoms with E-state index in [-0.39, 0.29) is 10.8 Å². The first-order valence-electron chi connectivity index (χ1n) is 8.34. The van der Waals surface area contributed by atoms with Gasteiger partial charge in [0.1, 0.15) is 9.92 Å². The van der Waals surface area contributed by atoms with Crippen LogP contribution in [0, 0.1) is 0 Å². The van der Waals surface area contributed by atoms with E-state index in [2.05, 4.69) is 39.7 Å². The van der Waals surface area contributed by atoms with Crippen molar-refractivity contribution in [2.24, 2.45) is 7.05 Å². The summed E-state index contributed by atoms with van der Waals surface area (Å²) in [6.45, 7) is 4.23. The average molecular weight is 404 g/mol. The van der Waals surface area contributed by atoms with Crippen molar-refractivity contribution in [1.29, 1.82) is 0 Å².